The fraction of sp³-hybridized carbons (Fsp3) is 0.400. The molecule has 21 heavy (non-hydrogen) atoms. The molecule has 0 spiro atoms. The lowest BCUT2D eigenvalue weighted by molar-refractivity contribution is 0.0746. The number of carbonyl (C=O) groups excluding carboxylic acids is 1. The number of fused-ring (bicyclic) bond motifs is 1. The summed E-state index contributed by atoms with van der Waals surface area (Å²) in [6, 6.07) is 5.02. The van der Waals surface area contributed by atoms with Crippen molar-refractivity contribution < 1.29 is 4.79 Å². The Morgan fingerprint density at radius 3 is 2.67 bits per heavy atom. The van der Waals surface area contributed by atoms with Crippen LogP contribution >= 0.6 is 12.2 Å². The molecule has 1 aromatic heterocycles. The molecule has 112 valence electrons. The molecular formula is C15H19N3O2S. The Morgan fingerprint density at radius 1 is 1.33 bits per heavy atom. The van der Waals surface area contributed by atoms with E-state index in [1.54, 1.807) is 23.1 Å². The van der Waals surface area contributed by atoms with Crippen LogP contribution in [0.1, 0.15) is 31.1 Å². The van der Waals surface area contributed by atoms with Crippen LogP contribution in [0.4, 0.5) is 0 Å². The first kappa shape index (κ1) is 15.4. The number of rotatable bonds is 4. The van der Waals surface area contributed by atoms with Crippen LogP contribution in [0.3, 0.4) is 0 Å². The Labute approximate surface area is 128 Å². The van der Waals surface area contributed by atoms with Crippen molar-refractivity contribution in [3.63, 3.8) is 0 Å². The van der Waals surface area contributed by atoms with Crippen LogP contribution in [-0.2, 0) is 0 Å². The molecule has 2 rings (SSSR count). The molecule has 0 aliphatic heterocycles. The Hall–Kier alpha value is -1.95. The Balaban J connectivity index is 2.45. The molecule has 0 aliphatic rings. The van der Waals surface area contributed by atoms with Crippen LogP contribution in [0.2, 0.25) is 0 Å². The summed E-state index contributed by atoms with van der Waals surface area (Å²) in [7, 11) is 0. The maximum absolute atomic E-state index is 12.5. The van der Waals surface area contributed by atoms with E-state index in [1.807, 2.05) is 6.92 Å². The largest absolute Gasteiger partial charge is 0.339 e. The first-order valence-corrected chi connectivity index (χ1v) is 7.38. The van der Waals surface area contributed by atoms with E-state index in [4.69, 9.17) is 12.2 Å². The average molecular weight is 305 g/mol. The van der Waals surface area contributed by atoms with Crippen molar-refractivity contribution in [1.29, 1.82) is 0 Å². The molecule has 0 radical (unpaired) electrons. The maximum atomic E-state index is 12.5. The summed E-state index contributed by atoms with van der Waals surface area (Å²) < 4.78 is 0.256. The van der Waals surface area contributed by atoms with E-state index >= 15 is 0 Å². The molecule has 0 aliphatic carbocycles. The third kappa shape index (κ3) is 3.39. The zero-order valence-electron chi connectivity index (χ0n) is 12.4. The predicted molar refractivity (Wildman–Crippen MR) is 86.2 cm³/mol. The van der Waals surface area contributed by atoms with E-state index in [2.05, 4.69) is 23.8 Å². The first-order chi connectivity index (χ1) is 9.92. The van der Waals surface area contributed by atoms with E-state index in [0.29, 0.717) is 35.5 Å². The van der Waals surface area contributed by atoms with Gasteiger partial charge in [-0.1, -0.05) is 13.8 Å². The summed E-state index contributed by atoms with van der Waals surface area (Å²) in [5.74, 6) is 0.371. The molecule has 2 N–H and O–H groups in total. The minimum absolute atomic E-state index is 0.0345. The molecule has 0 atom stereocenters. The molecular weight excluding hydrogens is 286 g/mol. The number of aromatic amines is 2. The van der Waals surface area contributed by atoms with Crippen LogP contribution in [0.25, 0.3) is 10.9 Å². The van der Waals surface area contributed by atoms with Gasteiger partial charge in [0.05, 0.1) is 10.9 Å². The SMILES string of the molecule is CCN(CC(C)C)C(=O)c1ccc2c(=O)[nH]c(=S)[nH]c2c1. The van der Waals surface area contributed by atoms with Crippen LogP contribution in [0.15, 0.2) is 23.0 Å². The summed E-state index contributed by atoms with van der Waals surface area (Å²) in [6.45, 7) is 7.47. The van der Waals surface area contributed by atoms with Crippen LogP contribution in [0.5, 0.6) is 0 Å². The maximum Gasteiger partial charge on any atom is 0.259 e. The Kier molecular flexibility index (Phi) is 4.57. The van der Waals surface area contributed by atoms with Crippen molar-refractivity contribution in [2.75, 3.05) is 13.1 Å². The Morgan fingerprint density at radius 2 is 2.05 bits per heavy atom. The number of amides is 1. The second-order valence-corrected chi connectivity index (χ2v) is 5.81. The van der Waals surface area contributed by atoms with Gasteiger partial charge in [0.15, 0.2) is 4.77 Å². The molecule has 6 heteroatoms. The van der Waals surface area contributed by atoms with E-state index in [9.17, 15) is 9.59 Å². The van der Waals surface area contributed by atoms with Gasteiger partial charge in [0.25, 0.3) is 11.5 Å². The van der Waals surface area contributed by atoms with Gasteiger partial charge in [-0.3, -0.25) is 14.6 Å². The third-order valence-electron chi connectivity index (χ3n) is 3.24. The van der Waals surface area contributed by atoms with Gasteiger partial charge in [0, 0.05) is 18.7 Å². The van der Waals surface area contributed by atoms with E-state index < -0.39 is 0 Å². The molecule has 0 fully saturated rings. The van der Waals surface area contributed by atoms with Crippen molar-refractivity contribution in [2.24, 2.45) is 5.92 Å². The minimum Gasteiger partial charge on any atom is -0.339 e. The zero-order valence-corrected chi connectivity index (χ0v) is 13.2. The van der Waals surface area contributed by atoms with Crippen molar-refractivity contribution in [3.8, 4) is 0 Å². The smallest absolute Gasteiger partial charge is 0.259 e. The first-order valence-electron chi connectivity index (χ1n) is 6.98. The highest BCUT2D eigenvalue weighted by Crippen LogP contribution is 2.13. The molecule has 0 unspecified atom stereocenters. The molecule has 1 aromatic carbocycles. The monoisotopic (exact) mass is 305 g/mol. The highest BCUT2D eigenvalue weighted by molar-refractivity contribution is 7.71. The summed E-state index contributed by atoms with van der Waals surface area (Å²) in [5, 5.41) is 0.493. The number of aromatic nitrogens is 2. The van der Waals surface area contributed by atoms with Crippen LogP contribution in [0, 0.1) is 10.7 Å². The van der Waals surface area contributed by atoms with Gasteiger partial charge < -0.3 is 9.88 Å². The van der Waals surface area contributed by atoms with Crippen molar-refractivity contribution in [1.82, 2.24) is 14.9 Å². The summed E-state index contributed by atoms with van der Waals surface area (Å²) >= 11 is 4.96. The lowest BCUT2D eigenvalue weighted by Gasteiger charge is -2.23. The molecule has 0 saturated carbocycles. The van der Waals surface area contributed by atoms with Gasteiger partial charge in [0.2, 0.25) is 0 Å². The number of nitrogens with zero attached hydrogens (tertiary/aromatic N) is 1. The van der Waals surface area contributed by atoms with E-state index in [1.165, 1.54) is 0 Å². The number of benzene rings is 1. The minimum atomic E-state index is -0.248. The lowest BCUT2D eigenvalue weighted by Crippen LogP contribution is -2.34. The molecule has 0 saturated heterocycles. The van der Waals surface area contributed by atoms with Crippen molar-refractivity contribution in [2.45, 2.75) is 20.8 Å². The fourth-order valence-electron chi connectivity index (χ4n) is 2.28. The van der Waals surface area contributed by atoms with Gasteiger partial charge in [-0.25, -0.2) is 0 Å². The topological polar surface area (TPSA) is 69.0 Å². The van der Waals surface area contributed by atoms with Crippen molar-refractivity contribution >= 4 is 29.0 Å². The number of hydrogen-bond acceptors (Lipinski definition) is 3. The fourth-order valence-corrected chi connectivity index (χ4v) is 2.48. The van der Waals surface area contributed by atoms with Crippen LogP contribution in [-0.4, -0.2) is 33.9 Å². The van der Waals surface area contributed by atoms with Crippen molar-refractivity contribution in [3.05, 3.63) is 38.9 Å². The standard InChI is InChI=1S/C15H19N3O2S/c1-4-18(8-9(2)3)14(20)10-5-6-11-12(7-10)16-15(21)17-13(11)19/h5-7,9H,4,8H2,1-3H3,(H2,16,17,19,21). The molecule has 1 amide bonds. The molecule has 5 nitrogen and oxygen atoms in total. The molecule has 2 aromatic rings. The number of carbonyl (C=O) groups is 1. The highest BCUT2D eigenvalue weighted by Gasteiger charge is 2.16. The number of nitrogens with one attached hydrogen (secondary N) is 2. The summed E-state index contributed by atoms with van der Waals surface area (Å²) in [5.41, 5.74) is 0.888. The third-order valence-corrected chi connectivity index (χ3v) is 3.44. The summed E-state index contributed by atoms with van der Waals surface area (Å²) in [4.78, 5) is 31.5. The number of H-pyrrole nitrogens is 2. The lowest BCUT2D eigenvalue weighted by atomic mass is 10.1. The Bertz CT molecular complexity index is 776. The average Bonchev–Trinajstić information content (AvgIpc) is 2.42. The summed E-state index contributed by atoms with van der Waals surface area (Å²) in [6.07, 6.45) is 0. The highest BCUT2D eigenvalue weighted by atomic mass is 32.1. The van der Waals surface area contributed by atoms with Crippen LogP contribution < -0.4 is 5.56 Å². The quantitative estimate of drug-likeness (QED) is 0.853. The second kappa shape index (κ2) is 6.22. The van der Waals surface area contributed by atoms with Gasteiger partial charge in [0.1, 0.15) is 0 Å². The second-order valence-electron chi connectivity index (χ2n) is 5.41. The van der Waals surface area contributed by atoms with Gasteiger partial charge >= 0.3 is 0 Å². The molecule has 1 heterocycles. The van der Waals surface area contributed by atoms with Gasteiger partial charge in [-0.05, 0) is 43.3 Å². The normalized spacial score (nSPS) is 11.0. The number of hydrogen-bond donors (Lipinski definition) is 2. The van der Waals surface area contributed by atoms with E-state index in [0.717, 1.165) is 0 Å². The molecule has 0 bridgehead atoms. The van der Waals surface area contributed by atoms with Gasteiger partial charge in [-0.15, -0.1) is 0 Å². The van der Waals surface area contributed by atoms with E-state index in [-0.39, 0.29) is 16.2 Å². The zero-order chi connectivity index (χ0) is 15.6. The van der Waals surface area contributed by atoms with Gasteiger partial charge in [-0.2, -0.15) is 0 Å². The predicted octanol–water partition coefficient (Wildman–Crippen LogP) is 2.70.